The van der Waals surface area contributed by atoms with Crippen LogP contribution in [0.1, 0.15) is 12.5 Å². The van der Waals surface area contributed by atoms with Crippen LogP contribution in [0.4, 0.5) is 5.69 Å². The van der Waals surface area contributed by atoms with E-state index in [-0.39, 0.29) is 6.61 Å². The van der Waals surface area contributed by atoms with Crippen molar-refractivity contribution >= 4 is 17.4 Å². The van der Waals surface area contributed by atoms with Gasteiger partial charge in [-0.3, -0.25) is 0 Å². The Morgan fingerprint density at radius 1 is 1.53 bits per heavy atom. The summed E-state index contributed by atoms with van der Waals surface area (Å²) in [5.74, 6) is 0.943. The Morgan fingerprint density at radius 2 is 2.33 bits per heavy atom. The van der Waals surface area contributed by atoms with E-state index >= 15 is 0 Å². The van der Waals surface area contributed by atoms with E-state index in [4.69, 9.17) is 10.4 Å². The molecule has 2 N–H and O–H groups in total. The number of hydrogen-bond donors (Lipinski definition) is 2. The minimum absolute atomic E-state index is 0.0655. The number of nitrogens with one attached hydrogen (secondary N) is 1. The molecular weight excluding hydrogens is 208 g/mol. The van der Waals surface area contributed by atoms with Crippen molar-refractivity contribution in [3.8, 4) is 6.07 Å². The first-order chi connectivity index (χ1) is 7.33. The Balaban J connectivity index is 2.95. The van der Waals surface area contributed by atoms with Gasteiger partial charge in [0.2, 0.25) is 0 Å². The number of aliphatic hydroxyl groups is 1. The lowest BCUT2D eigenvalue weighted by molar-refractivity contribution is 0.311. The van der Waals surface area contributed by atoms with E-state index in [1.807, 2.05) is 18.2 Å². The third kappa shape index (κ3) is 3.15. The summed E-state index contributed by atoms with van der Waals surface area (Å²) in [5, 5.41) is 20.8. The molecule has 0 saturated carbocycles. The zero-order valence-electron chi connectivity index (χ0n) is 8.66. The van der Waals surface area contributed by atoms with Crippen LogP contribution in [0.25, 0.3) is 0 Å². The van der Waals surface area contributed by atoms with Crippen molar-refractivity contribution < 1.29 is 5.11 Å². The summed E-state index contributed by atoms with van der Waals surface area (Å²) in [6, 6.07) is 7.90. The summed E-state index contributed by atoms with van der Waals surface area (Å²) < 4.78 is 0. The molecule has 0 saturated heterocycles. The third-order valence-electron chi connectivity index (χ3n) is 1.87. The van der Waals surface area contributed by atoms with E-state index in [1.54, 1.807) is 11.8 Å². The summed E-state index contributed by atoms with van der Waals surface area (Å²) in [5.41, 5.74) is 1.46. The summed E-state index contributed by atoms with van der Waals surface area (Å²) in [6.45, 7) is 2.59. The molecule has 0 aliphatic carbocycles. The lowest BCUT2D eigenvalue weighted by Gasteiger charge is -2.09. The van der Waals surface area contributed by atoms with Crippen molar-refractivity contribution in [1.29, 1.82) is 5.26 Å². The molecule has 0 amide bonds. The van der Waals surface area contributed by atoms with E-state index in [0.717, 1.165) is 16.3 Å². The molecular formula is C11H14N2OS. The van der Waals surface area contributed by atoms with E-state index in [9.17, 15) is 0 Å². The van der Waals surface area contributed by atoms with Gasteiger partial charge < -0.3 is 10.4 Å². The van der Waals surface area contributed by atoms with Gasteiger partial charge in [0, 0.05) is 11.4 Å². The number of nitriles is 1. The first-order valence-electron chi connectivity index (χ1n) is 4.84. The molecule has 80 valence electrons. The predicted molar refractivity (Wildman–Crippen MR) is 63.1 cm³/mol. The second-order valence-electron chi connectivity index (χ2n) is 2.87. The molecule has 0 aliphatic heterocycles. The molecule has 15 heavy (non-hydrogen) atoms. The van der Waals surface area contributed by atoms with Crippen molar-refractivity contribution in [2.45, 2.75) is 11.8 Å². The number of benzene rings is 1. The average molecular weight is 222 g/mol. The standard InChI is InChI=1S/C11H14N2OS/c1-2-15-11-5-3-4-10(9(11)8-12)13-6-7-14/h3-5,13-14H,2,6-7H2,1H3. The minimum atomic E-state index is 0.0655. The molecule has 0 atom stereocenters. The SMILES string of the molecule is CCSc1cccc(NCCO)c1C#N. The van der Waals surface area contributed by atoms with Crippen molar-refractivity contribution in [2.75, 3.05) is 24.2 Å². The fraction of sp³-hybridized carbons (Fsp3) is 0.364. The highest BCUT2D eigenvalue weighted by Gasteiger charge is 2.06. The number of aliphatic hydroxyl groups excluding tert-OH is 1. The van der Waals surface area contributed by atoms with E-state index < -0.39 is 0 Å². The van der Waals surface area contributed by atoms with Crippen LogP contribution in [-0.2, 0) is 0 Å². The summed E-state index contributed by atoms with van der Waals surface area (Å²) in [4.78, 5) is 0.989. The molecule has 1 aromatic carbocycles. The van der Waals surface area contributed by atoms with Crippen molar-refractivity contribution in [1.82, 2.24) is 0 Å². The molecule has 1 rings (SSSR count). The van der Waals surface area contributed by atoms with Crippen molar-refractivity contribution in [2.24, 2.45) is 0 Å². The fourth-order valence-corrected chi connectivity index (χ4v) is 2.05. The highest BCUT2D eigenvalue weighted by molar-refractivity contribution is 7.99. The molecule has 0 radical (unpaired) electrons. The first-order valence-corrected chi connectivity index (χ1v) is 5.82. The van der Waals surface area contributed by atoms with Crippen LogP contribution in [0.15, 0.2) is 23.1 Å². The Labute approximate surface area is 94.1 Å². The van der Waals surface area contributed by atoms with Crippen molar-refractivity contribution in [3.05, 3.63) is 23.8 Å². The number of thioether (sulfide) groups is 1. The Hall–Kier alpha value is -1.18. The summed E-state index contributed by atoms with van der Waals surface area (Å²) in [6.07, 6.45) is 0. The second kappa shape index (κ2) is 6.33. The van der Waals surface area contributed by atoms with Crippen molar-refractivity contribution in [3.63, 3.8) is 0 Å². The minimum Gasteiger partial charge on any atom is -0.395 e. The van der Waals surface area contributed by atoms with Gasteiger partial charge in [-0.15, -0.1) is 11.8 Å². The van der Waals surface area contributed by atoms with Gasteiger partial charge in [0.25, 0.3) is 0 Å². The van der Waals surface area contributed by atoms with Crippen LogP contribution in [0.5, 0.6) is 0 Å². The molecule has 0 bridgehead atoms. The smallest absolute Gasteiger partial charge is 0.102 e. The van der Waals surface area contributed by atoms with Gasteiger partial charge in [-0.25, -0.2) is 0 Å². The third-order valence-corrected chi connectivity index (χ3v) is 2.81. The van der Waals surface area contributed by atoms with E-state index in [1.165, 1.54) is 0 Å². The van der Waals surface area contributed by atoms with Crippen LogP contribution in [-0.4, -0.2) is 24.0 Å². The number of hydrogen-bond acceptors (Lipinski definition) is 4. The number of rotatable bonds is 5. The predicted octanol–water partition coefficient (Wildman–Crippen LogP) is 2.07. The lowest BCUT2D eigenvalue weighted by atomic mass is 10.2. The van der Waals surface area contributed by atoms with Gasteiger partial charge >= 0.3 is 0 Å². The maximum atomic E-state index is 9.06. The zero-order valence-corrected chi connectivity index (χ0v) is 9.47. The van der Waals surface area contributed by atoms with Gasteiger partial charge in [0.15, 0.2) is 0 Å². The largest absolute Gasteiger partial charge is 0.395 e. The average Bonchev–Trinajstić information content (AvgIpc) is 2.27. The number of anilines is 1. The van der Waals surface area contributed by atoms with Gasteiger partial charge in [0.05, 0.1) is 17.9 Å². The zero-order chi connectivity index (χ0) is 11.1. The fourth-order valence-electron chi connectivity index (χ4n) is 1.26. The lowest BCUT2D eigenvalue weighted by Crippen LogP contribution is -2.07. The number of nitrogens with zero attached hydrogens (tertiary/aromatic N) is 1. The van der Waals surface area contributed by atoms with Crippen LogP contribution in [0.3, 0.4) is 0 Å². The Kier molecular flexibility index (Phi) is 5.02. The van der Waals surface area contributed by atoms with Gasteiger partial charge in [0.1, 0.15) is 6.07 Å². The molecule has 0 aliphatic rings. The van der Waals surface area contributed by atoms with Crippen LogP contribution in [0.2, 0.25) is 0 Å². The molecule has 4 heteroatoms. The summed E-state index contributed by atoms with van der Waals surface area (Å²) in [7, 11) is 0. The quantitative estimate of drug-likeness (QED) is 0.749. The van der Waals surface area contributed by atoms with E-state index in [2.05, 4.69) is 18.3 Å². The molecule has 0 fully saturated rings. The molecule has 0 spiro atoms. The molecule has 3 nitrogen and oxygen atoms in total. The van der Waals surface area contributed by atoms with Crippen LogP contribution in [0, 0.1) is 11.3 Å². The second-order valence-corrected chi connectivity index (χ2v) is 4.18. The van der Waals surface area contributed by atoms with E-state index in [0.29, 0.717) is 12.1 Å². The first kappa shape index (κ1) is 11.9. The van der Waals surface area contributed by atoms with Gasteiger partial charge in [-0.1, -0.05) is 13.0 Å². The molecule has 0 unspecified atom stereocenters. The topological polar surface area (TPSA) is 56.0 Å². The monoisotopic (exact) mass is 222 g/mol. The molecule has 1 aromatic rings. The Morgan fingerprint density at radius 3 is 2.93 bits per heavy atom. The van der Waals surface area contributed by atoms with Gasteiger partial charge in [-0.2, -0.15) is 5.26 Å². The van der Waals surface area contributed by atoms with Crippen LogP contribution < -0.4 is 5.32 Å². The normalized spacial score (nSPS) is 9.67. The highest BCUT2D eigenvalue weighted by atomic mass is 32.2. The Bertz CT molecular complexity index is 360. The highest BCUT2D eigenvalue weighted by Crippen LogP contribution is 2.27. The maximum Gasteiger partial charge on any atom is 0.102 e. The maximum absolute atomic E-state index is 9.06. The molecule has 0 aromatic heterocycles. The summed E-state index contributed by atoms with van der Waals surface area (Å²) >= 11 is 1.65. The van der Waals surface area contributed by atoms with Gasteiger partial charge in [-0.05, 0) is 17.9 Å². The molecule has 0 heterocycles. The van der Waals surface area contributed by atoms with Crippen LogP contribution >= 0.6 is 11.8 Å².